The zero-order chi connectivity index (χ0) is 85.6. The largest absolute Gasteiger partial charge is 0.493 e. The van der Waals surface area contributed by atoms with E-state index in [0.29, 0.717) is 25.6 Å². The van der Waals surface area contributed by atoms with Crippen LogP contribution in [-0.4, -0.2) is 159 Å². The molecule has 0 spiro atoms. The predicted octanol–water partition coefficient (Wildman–Crippen LogP) is 22.6. The van der Waals surface area contributed by atoms with Gasteiger partial charge in [-0.25, -0.2) is 0 Å². The van der Waals surface area contributed by atoms with Gasteiger partial charge in [0.05, 0.1) is 76.0 Å². The van der Waals surface area contributed by atoms with E-state index < -0.39 is 23.1 Å². The summed E-state index contributed by atoms with van der Waals surface area (Å²) >= 11 is 0. The third kappa shape index (κ3) is 139. The number of ketones is 5. The molecule has 0 bridgehead atoms. The highest BCUT2D eigenvalue weighted by molar-refractivity contribution is 5.84. The van der Waals surface area contributed by atoms with Gasteiger partial charge in [0.2, 0.25) is 0 Å². The minimum atomic E-state index is -0.655. The molecule has 0 rings (SSSR count). The number of ether oxygens (including phenoxy) is 10. The summed E-state index contributed by atoms with van der Waals surface area (Å²) in [5.74, 6) is 2.04. The molecule has 1 unspecified atom stereocenters. The zero-order valence-corrected chi connectivity index (χ0v) is 77.7. The molecule has 0 saturated heterocycles. The molecule has 0 fully saturated rings. The molecule has 0 aromatic heterocycles. The van der Waals surface area contributed by atoms with Gasteiger partial charge in [-0.3, -0.25) is 24.0 Å². The Morgan fingerprint density at radius 3 is 0.777 bits per heavy atom. The minimum Gasteiger partial charge on any atom is -0.493 e. The molecule has 0 aliphatic rings. The molecule has 17 heteroatoms. The van der Waals surface area contributed by atoms with Gasteiger partial charge in [0, 0.05) is 25.6 Å². The van der Waals surface area contributed by atoms with Crippen molar-refractivity contribution in [1.29, 1.82) is 0 Å². The van der Waals surface area contributed by atoms with Crippen LogP contribution >= 0.6 is 0 Å². The van der Waals surface area contributed by atoms with Gasteiger partial charge in [-0.2, -0.15) is 0 Å². The monoisotopic (exact) mass is 1490 g/mol. The second kappa shape index (κ2) is 56.6. The molecule has 0 amide bonds. The Morgan fingerprint density at radius 2 is 0.670 bits per heavy atom. The molecule has 0 aromatic rings. The Labute approximate surface area is 642 Å². The van der Waals surface area contributed by atoms with Crippen LogP contribution in [0.1, 0.15) is 380 Å². The van der Waals surface area contributed by atoms with Crippen LogP contribution in [0.2, 0.25) is 0 Å². The number of carbonyl (C=O) groups is 5. The van der Waals surface area contributed by atoms with Gasteiger partial charge in [0.25, 0.3) is 0 Å². The molecular weight excluding hydrogens is 1300 g/mol. The van der Waals surface area contributed by atoms with E-state index in [0.717, 1.165) is 31.8 Å². The number of methoxy groups -OCH3 is 1. The summed E-state index contributed by atoms with van der Waals surface area (Å²) in [5.41, 5.74) is -2.91. The first-order chi connectivity index (χ1) is 43.9. The van der Waals surface area contributed by atoms with Crippen molar-refractivity contribution in [3.05, 3.63) is 12.3 Å². The lowest BCUT2D eigenvalue weighted by atomic mass is 9.79. The second-order valence-electron chi connectivity index (χ2n) is 39.7. The van der Waals surface area contributed by atoms with Crippen LogP contribution in [0.5, 0.6) is 0 Å². The molecule has 630 valence electrons. The van der Waals surface area contributed by atoms with Crippen LogP contribution < -0.4 is 0 Å². The van der Waals surface area contributed by atoms with E-state index >= 15 is 0 Å². The molecule has 0 aromatic carbocycles. The van der Waals surface area contributed by atoms with Crippen LogP contribution in [0.25, 0.3) is 0 Å². The highest BCUT2D eigenvalue weighted by atomic mass is 16.6. The summed E-state index contributed by atoms with van der Waals surface area (Å²) in [7, 11) is 1.67. The lowest BCUT2D eigenvalue weighted by Crippen LogP contribution is -2.40. The summed E-state index contributed by atoms with van der Waals surface area (Å²) in [4.78, 5) is 53.2. The van der Waals surface area contributed by atoms with Crippen molar-refractivity contribution in [2.75, 3.05) is 46.8 Å². The van der Waals surface area contributed by atoms with Crippen LogP contribution in [0, 0.1) is 22.2 Å². The summed E-state index contributed by atoms with van der Waals surface area (Å²) in [6.07, 6.45) is 2.11. The summed E-state index contributed by atoms with van der Waals surface area (Å²) < 4.78 is 53.2. The number of aliphatic hydroxyl groups is 2. The molecule has 103 heavy (non-hydrogen) atoms. The van der Waals surface area contributed by atoms with E-state index in [4.69, 9.17) is 52.5 Å². The van der Waals surface area contributed by atoms with Crippen molar-refractivity contribution in [2.45, 2.75) is 453 Å². The first kappa shape index (κ1) is 127. The van der Waals surface area contributed by atoms with Gasteiger partial charge in [0.1, 0.15) is 35.8 Å². The summed E-state index contributed by atoms with van der Waals surface area (Å²) in [5, 5.41) is 18.3. The maximum absolute atomic E-state index is 11.0. The summed E-state index contributed by atoms with van der Waals surface area (Å²) in [6, 6.07) is 0. The van der Waals surface area contributed by atoms with Crippen LogP contribution in [0.15, 0.2) is 12.3 Å². The van der Waals surface area contributed by atoms with Gasteiger partial charge in [0.15, 0.2) is 29.4 Å². The van der Waals surface area contributed by atoms with Crippen molar-refractivity contribution in [3.8, 4) is 0 Å². The average molecular weight is 1490 g/mol. The van der Waals surface area contributed by atoms with Crippen molar-refractivity contribution in [3.63, 3.8) is 0 Å². The third-order valence-electron chi connectivity index (χ3n) is 11.6. The van der Waals surface area contributed by atoms with Crippen molar-refractivity contribution in [1.82, 2.24) is 0 Å². The maximum atomic E-state index is 11.0. The molecule has 17 nitrogen and oxygen atoms in total. The molecule has 0 aliphatic heterocycles. The van der Waals surface area contributed by atoms with Gasteiger partial charge < -0.3 is 57.6 Å². The molecule has 1 atom stereocenters. The number of rotatable bonds is 19. The lowest BCUT2D eigenvalue weighted by molar-refractivity contribution is -0.165. The predicted molar refractivity (Wildman–Crippen MR) is 442 cm³/mol. The molecule has 0 saturated carbocycles. The van der Waals surface area contributed by atoms with Crippen LogP contribution in [0.4, 0.5) is 0 Å². The Hall–Kier alpha value is -2.55. The lowest BCUT2D eigenvalue weighted by Gasteiger charge is -2.33. The Bertz CT molecular complexity index is 2000. The van der Waals surface area contributed by atoms with Gasteiger partial charge in [-0.05, 0) is 293 Å². The Morgan fingerprint density at radius 1 is 0.398 bits per heavy atom. The topological polar surface area (TPSA) is 218 Å². The normalized spacial score (nSPS) is 12.7. The highest BCUT2D eigenvalue weighted by Gasteiger charge is 2.32. The van der Waals surface area contributed by atoms with Crippen molar-refractivity contribution in [2.24, 2.45) is 22.2 Å². The SMILES string of the molecule is C.C=C(CC(C)C)OC(C)(C)C.CC(=O)C(C)(C)C.CC(=O)C(C)(C)OC(C)(C)C.CC(=O)C(C)(C)OC(C)(C)C.CC(=O)COC(C)(C)C.CC(=O)COC(C)(C)C.CC(C)(C)C(C)(C)O.CC(C)(C)COC(C)(C)C.CCC(O)OC(C)(C)C.CCCOC(C)(C)C.COCCOC(C)(C)C. The minimum absolute atomic E-state index is 0. The number of hydrogen-bond donors (Lipinski definition) is 2. The Kier molecular flexibility index (Phi) is 69.8. The Balaban J connectivity index is -0.0000000886. The molecular formula is C86H184O17. The highest BCUT2D eigenvalue weighted by Crippen LogP contribution is 2.29. The van der Waals surface area contributed by atoms with Crippen LogP contribution in [0.3, 0.4) is 0 Å². The van der Waals surface area contributed by atoms with E-state index in [1.54, 1.807) is 55.6 Å². The standard InChI is InChI=1S/C10H20O.2C9H18O2.C9H20O.C7H16O2.2C7H14O2.C7H16O2.2C7H16O.C6H12O.CH4/c1-8(2)7-9(3)11-10(4,5)6;2*1-7(10)9(5,6)11-8(2,3)4;1-8(2,3)7-10-9(4,5)6;1-7(2,3)9-6-5-8-4;2*1-6(8)5-9-7(2,3)4;1-5-6(8)9-7(2,3)4;1-6(2,3)7(4,5)8;1-5-6-8-7(2,3)4;1-5(7)6(2,3)4;/h8H,3,7H2,1-2,4-6H3;2*1-6H3;7H2,1-6H3;5-6H2,1-4H3;2*5H2,1-4H3;6,8H,5H2,1-4H3;8H,1-5H3;5-6H2,1-4H3;1-4H3;1H4. The first-order valence-corrected chi connectivity index (χ1v) is 37.0. The van der Waals surface area contributed by atoms with Crippen molar-refractivity contribution >= 4 is 28.9 Å². The zero-order valence-electron chi connectivity index (χ0n) is 77.7. The molecule has 0 radical (unpaired) electrons. The van der Waals surface area contributed by atoms with Crippen molar-refractivity contribution < 1.29 is 81.6 Å². The smallest absolute Gasteiger partial charge is 0.161 e. The van der Waals surface area contributed by atoms with E-state index in [2.05, 4.69) is 89.7 Å². The number of hydrogen-bond acceptors (Lipinski definition) is 17. The van der Waals surface area contributed by atoms with E-state index in [1.807, 2.05) is 208 Å². The average Bonchev–Trinajstić information content (AvgIpc) is 0.877. The summed E-state index contributed by atoms with van der Waals surface area (Å²) in [6.45, 7) is 106. The fourth-order valence-corrected chi connectivity index (χ4v) is 5.00. The third-order valence-corrected chi connectivity index (χ3v) is 11.6. The second-order valence-corrected chi connectivity index (χ2v) is 39.7. The maximum Gasteiger partial charge on any atom is 0.161 e. The molecule has 0 aliphatic carbocycles. The van der Waals surface area contributed by atoms with E-state index in [-0.39, 0.29) is 116 Å². The fourth-order valence-electron chi connectivity index (χ4n) is 5.00. The quantitative estimate of drug-likeness (QED) is 0.0698. The number of Topliss-reactive ketones (excluding diaryl/α,β-unsaturated/α-hetero) is 5. The number of carbonyl (C=O) groups excluding carboxylic acids is 5. The van der Waals surface area contributed by atoms with E-state index in [9.17, 15) is 29.1 Å². The van der Waals surface area contributed by atoms with Crippen LogP contribution in [-0.2, 0) is 71.3 Å². The molecule has 2 N–H and O–H groups in total. The molecule has 0 heterocycles. The van der Waals surface area contributed by atoms with E-state index in [1.165, 1.54) is 13.8 Å². The number of aliphatic hydroxyl groups excluding tert-OH is 1. The van der Waals surface area contributed by atoms with Gasteiger partial charge in [-0.15, -0.1) is 0 Å². The first-order valence-electron chi connectivity index (χ1n) is 37.0. The van der Waals surface area contributed by atoms with Gasteiger partial charge >= 0.3 is 0 Å². The fraction of sp³-hybridized carbons (Fsp3) is 0.919. The van der Waals surface area contributed by atoms with Gasteiger partial charge in [-0.1, -0.05) is 104 Å². The number of allylic oxidation sites excluding steroid dienone is 1.